The highest BCUT2D eigenvalue weighted by Crippen LogP contribution is 1.78. The summed E-state index contributed by atoms with van der Waals surface area (Å²) in [7, 11) is 1.90. The Bertz CT molecular complexity index is 60.9. The maximum absolute atomic E-state index is 8.42. The zero-order valence-corrected chi connectivity index (χ0v) is 5.71. The molecule has 56 valence electrons. The molecule has 0 aromatic heterocycles. The van der Waals surface area contributed by atoms with Crippen molar-refractivity contribution in [1.29, 1.82) is 0 Å². The maximum atomic E-state index is 8.42. The van der Waals surface area contributed by atoms with Gasteiger partial charge in [-0.25, -0.2) is 5.90 Å². The number of nitrogens with zero attached hydrogens (tertiary/aromatic N) is 1. The molecule has 0 fully saturated rings. The lowest BCUT2D eigenvalue weighted by Gasteiger charge is -2.12. The van der Waals surface area contributed by atoms with Crippen molar-refractivity contribution in [1.82, 2.24) is 4.90 Å². The van der Waals surface area contributed by atoms with Gasteiger partial charge in [-0.1, -0.05) is 0 Å². The normalized spacial score (nSPS) is 10.7. The summed E-state index contributed by atoms with van der Waals surface area (Å²) in [6.45, 7) is 2.12. The average molecular weight is 134 g/mol. The number of aliphatic hydroxyl groups excluding tert-OH is 1. The lowest BCUT2D eigenvalue weighted by atomic mass is 10.5. The van der Waals surface area contributed by atoms with Gasteiger partial charge in [0.15, 0.2) is 0 Å². The molecule has 0 heterocycles. The van der Waals surface area contributed by atoms with Gasteiger partial charge in [0.2, 0.25) is 0 Å². The van der Waals surface area contributed by atoms with Crippen LogP contribution in [0, 0.1) is 0 Å². The first-order valence-corrected chi connectivity index (χ1v) is 2.92. The molecule has 0 aliphatic carbocycles. The van der Waals surface area contributed by atoms with Crippen molar-refractivity contribution in [2.45, 2.75) is 0 Å². The van der Waals surface area contributed by atoms with Gasteiger partial charge in [-0.2, -0.15) is 0 Å². The molecule has 0 aromatic carbocycles. The third-order valence-electron chi connectivity index (χ3n) is 1.07. The minimum atomic E-state index is 0.182. The minimum Gasteiger partial charge on any atom is -0.395 e. The molecule has 9 heavy (non-hydrogen) atoms. The number of hydrogen-bond donors (Lipinski definition) is 2. The van der Waals surface area contributed by atoms with E-state index in [1.807, 2.05) is 11.9 Å². The van der Waals surface area contributed by atoms with Crippen LogP contribution in [-0.2, 0) is 4.84 Å². The highest BCUT2D eigenvalue weighted by molar-refractivity contribution is 4.46. The van der Waals surface area contributed by atoms with Crippen molar-refractivity contribution in [3.8, 4) is 0 Å². The minimum absolute atomic E-state index is 0.182. The van der Waals surface area contributed by atoms with Crippen LogP contribution < -0.4 is 5.90 Å². The molecule has 0 atom stereocenters. The smallest absolute Gasteiger partial charge is 0.0806 e. The SMILES string of the molecule is CN(CCO)CCON. The highest BCUT2D eigenvalue weighted by atomic mass is 16.6. The molecular formula is C5H14N2O2. The Balaban J connectivity index is 2.95. The Morgan fingerprint density at radius 2 is 2.22 bits per heavy atom. The lowest BCUT2D eigenvalue weighted by molar-refractivity contribution is 0.107. The van der Waals surface area contributed by atoms with E-state index in [2.05, 4.69) is 4.84 Å². The molecule has 0 saturated heterocycles. The second-order valence-corrected chi connectivity index (χ2v) is 1.90. The molecule has 0 aliphatic rings. The summed E-state index contributed by atoms with van der Waals surface area (Å²) >= 11 is 0. The lowest BCUT2D eigenvalue weighted by Crippen LogP contribution is -2.26. The number of rotatable bonds is 5. The second kappa shape index (κ2) is 5.97. The van der Waals surface area contributed by atoms with Crippen LogP contribution in [0.25, 0.3) is 0 Å². The Hall–Kier alpha value is -0.160. The number of aliphatic hydroxyl groups is 1. The molecule has 0 bridgehead atoms. The monoisotopic (exact) mass is 134 g/mol. The summed E-state index contributed by atoms with van der Waals surface area (Å²) in [4.78, 5) is 6.27. The first-order chi connectivity index (χ1) is 4.31. The van der Waals surface area contributed by atoms with Crippen molar-refractivity contribution in [3.05, 3.63) is 0 Å². The average Bonchev–Trinajstić information content (AvgIpc) is 1.85. The highest BCUT2D eigenvalue weighted by Gasteiger charge is 1.93. The van der Waals surface area contributed by atoms with Gasteiger partial charge in [0.25, 0.3) is 0 Å². The Labute approximate surface area is 55.2 Å². The number of likely N-dealkylation sites (N-methyl/N-ethyl adjacent to an activating group) is 1. The third-order valence-corrected chi connectivity index (χ3v) is 1.07. The molecule has 0 aromatic rings. The Morgan fingerprint density at radius 1 is 1.56 bits per heavy atom. The summed E-state index contributed by atoms with van der Waals surface area (Å²) in [6, 6.07) is 0. The fourth-order valence-corrected chi connectivity index (χ4v) is 0.491. The summed E-state index contributed by atoms with van der Waals surface area (Å²) in [5.74, 6) is 4.78. The largest absolute Gasteiger partial charge is 0.395 e. The van der Waals surface area contributed by atoms with E-state index in [1.165, 1.54) is 0 Å². The summed E-state index contributed by atoms with van der Waals surface area (Å²) in [6.07, 6.45) is 0. The molecule has 0 rings (SSSR count). The van der Waals surface area contributed by atoms with Crippen LogP contribution in [0.1, 0.15) is 0 Å². The maximum Gasteiger partial charge on any atom is 0.0806 e. The molecule has 4 heteroatoms. The van der Waals surface area contributed by atoms with Crippen LogP contribution in [0.15, 0.2) is 0 Å². The van der Waals surface area contributed by atoms with Gasteiger partial charge in [-0.3, -0.25) is 0 Å². The van der Waals surface area contributed by atoms with E-state index in [0.717, 1.165) is 6.54 Å². The van der Waals surface area contributed by atoms with Gasteiger partial charge in [-0.05, 0) is 7.05 Å². The van der Waals surface area contributed by atoms with Crippen LogP contribution in [0.3, 0.4) is 0 Å². The molecule has 0 spiro atoms. The molecule has 0 radical (unpaired) electrons. The van der Waals surface area contributed by atoms with E-state index in [1.54, 1.807) is 0 Å². The second-order valence-electron chi connectivity index (χ2n) is 1.90. The first-order valence-electron chi connectivity index (χ1n) is 2.92. The van der Waals surface area contributed by atoms with Crippen LogP contribution in [-0.4, -0.2) is 43.4 Å². The van der Waals surface area contributed by atoms with Crippen molar-refractivity contribution in [2.24, 2.45) is 5.90 Å². The van der Waals surface area contributed by atoms with Crippen molar-refractivity contribution < 1.29 is 9.94 Å². The van der Waals surface area contributed by atoms with E-state index in [4.69, 9.17) is 11.0 Å². The third kappa shape index (κ3) is 5.72. The van der Waals surface area contributed by atoms with Gasteiger partial charge >= 0.3 is 0 Å². The van der Waals surface area contributed by atoms with Crippen LogP contribution in [0.4, 0.5) is 0 Å². The fourth-order valence-electron chi connectivity index (χ4n) is 0.491. The summed E-state index contributed by atoms with van der Waals surface area (Å²) < 4.78 is 0. The predicted octanol–water partition coefficient (Wildman–Crippen LogP) is -1.20. The molecule has 4 nitrogen and oxygen atoms in total. The standard InChI is InChI=1S/C5H14N2O2/c1-7(2-4-8)3-5-9-6/h8H,2-6H2,1H3. The molecule has 0 amide bonds. The van der Waals surface area contributed by atoms with Crippen LogP contribution in [0.5, 0.6) is 0 Å². The summed E-state index contributed by atoms with van der Waals surface area (Å²) in [5, 5.41) is 8.42. The van der Waals surface area contributed by atoms with Gasteiger partial charge in [0, 0.05) is 13.1 Å². The fraction of sp³-hybridized carbons (Fsp3) is 1.00. The molecule has 3 N–H and O–H groups in total. The Morgan fingerprint density at radius 3 is 2.67 bits per heavy atom. The van der Waals surface area contributed by atoms with Gasteiger partial charge in [-0.15, -0.1) is 0 Å². The zero-order chi connectivity index (χ0) is 7.11. The van der Waals surface area contributed by atoms with E-state index >= 15 is 0 Å². The van der Waals surface area contributed by atoms with Crippen molar-refractivity contribution in [3.63, 3.8) is 0 Å². The van der Waals surface area contributed by atoms with Gasteiger partial charge in [0.05, 0.1) is 13.2 Å². The predicted molar refractivity (Wildman–Crippen MR) is 34.7 cm³/mol. The van der Waals surface area contributed by atoms with Gasteiger partial charge < -0.3 is 14.8 Å². The Kier molecular flexibility index (Phi) is 5.86. The van der Waals surface area contributed by atoms with E-state index in [9.17, 15) is 0 Å². The number of hydrogen-bond acceptors (Lipinski definition) is 4. The van der Waals surface area contributed by atoms with Crippen molar-refractivity contribution in [2.75, 3.05) is 33.4 Å². The first kappa shape index (κ1) is 8.84. The van der Waals surface area contributed by atoms with E-state index in [0.29, 0.717) is 13.2 Å². The van der Waals surface area contributed by atoms with Gasteiger partial charge in [0.1, 0.15) is 0 Å². The van der Waals surface area contributed by atoms with E-state index < -0.39 is 0 Å². The van der Waals surface area contributed by atoms with E-state index in [-0.39, 0.29) is 6.61 Å². The molecular weight excluding hydrogens is 120 g/mol. The van der Waals surface area contributed by atoms with Crippen molar-refractivity contribution >= 4 is 0 Å². The quantitative estimate of drug-likeness (QED) is 0.464. The molecule has 0 aliphatic heterocycles. The van der Waals surface area contributed by atoms with Crippen LogP contribution in [0.2, 0.25) is 0 Å². The zero-order valence-electron chi connectivity index (χ0n) is 5.71. The summed E-state index contributed by atoms with van der Waals surface area (Å²) in [5.41, 5.74) is 0. The molecule has 0 saturated carbocycles. The number of nitrogens with two attached hydrogens (primary N) is 1. The topological polar surface area (TPSA) is 58.7 Å². The van der Waals surface area contributed by atoms with Crippen LogP contribution >= 0.6 is 0 Å². The molecule has 0 unspecified atom stereocenters.